The van der Waals surface area contributed by atoms with E-state index in [1.54, 1.807) is 4.31 Å². The van der Waals surface area contributed by atoms with Crippen LogP contribution in [0.1, 0.15) is 36.0 Å². The lowest BCUT2D eigenvalue weighted by Gasteiger charge is -2.35. The molecule has 2 fully saturated rings. The normalized spacial score (nSPS) is 20.5. The topological polar surface area (TPSA) is 98.7 Å². The smallest absolute Gasteiger partial charge is 0.255 e. The van der Waals surface area contributed by atoms with Crippen LogP contribution in [0.2, 0.25) is 10.0 Å². The Labute approximate surface area is 169 Å². The Bertz CT molecular complexity index is 805. The number of nitrogens with zero attached hydrogens (tertiary/aromatic N) is 1. The Kier molecular flexibility index (Phi) is 6.53. The van der Waals surface area contributed by atoms with Crippen molar-refractivity contribution in [1.29, 1.82) is 0 Å². The zero-order valence-corrected chi connectivity index (χ0v) is 17.1. The number of carbonyl (C=O) groups is 1. The van der Waals surface area contributed by atoms with Crippen molar-refractivity contribution < 1.29 is 18.3 Å². The zero-order chi connectivity index (χ0) is 19.6. The average Bonchev–Trinajstić information content (AvgIpc) is 2.65. The molecule has 0 aliphatic carbocycles. The maximum absolute atomic E-state index is 12.8. The Morgan fingerprint density at radius 3 is 2.41 bits per heavy atom. The minimum Gasteiger partial charge on any atom is -0.506 e. The minimum atomic E-state index is -3.30. The van der Waals surface area contributed by atoms with Crippen molar-refractivity contribution >= 4 is 39.1 Å². The number of rotatable bonds is 4. The summed E-state index contributed by atoms with van der Waals surface area (Å²) in [5, 5.41) is 15.9. The Balaban J connectivity index is 1.59. The van der Waals surface area contributed by atoms with Crippen molar-refractivity contribution in [2.45, 2.75) is 37.0 Å². The molecule has 0 aromatic heterocycles. The third kappa shape index (κ3) is 4.68. The van der Waals surface area contributed by atoms with Gasteiger partial charge in [-0.3, -0.25) is 4.79 Å². The highest BCUT2D eigenvalue weighted by atomic mass is 35.5. The van der Waals surface area contributed by atoms with E-state index in [1.165, 1.54) is 12.1 Å². The molecule has 1 aromatic carbocycles. The van der Waals surface area contributed by atoms with Crippen LogP contribution in [0.3, 0.4) is 0 Å². The van der Waals surface area contributed by atoms with E-state index >= 15 is 0 Å². The number of benzene rings is 1. The highest BCUT2D eigenvalue weighted by molar-refractivity contribution is 7.89. The summed E-state index contributed by atoms with van der Waals surface area (Å²) in [6, 6.07) is 2.54. The molecule has 7 nitrogen and oxygen atoms in total. The van der Waals surface area contributed by atoms with Gasteiger partial charge < -0.3 is 15.7 Å². The minimum absolute atomic E-state index is 0.00975. The second kappa shape index (κ2) is 8.53. The van der Waals surface area contributed by atoms with E-state index < -0.39 is 15.9 Å². The second-order valence-electron chi connectivity index (χ2n) is 6.92. The van der Waals surface area contributed by atoms with E-state index in [4.69, 9.17) is 23.2 Å². The molecule has 10 heteroatoms. The highest BCUT2D eigenvalue weighted by Crippen LogP contribution is 2.31. The van der Waals surface area contributed by atoms with Gasteiger partial charge in [0.15, 0.2) is 0 Å². The molecular formula is C17H23Cl2N3O4S. The molecule has 0 saturated carbocycles. The zero-order valence-electron chi connectivity index (χ0n) is 14.7. The number of nitrogens with one attached hydrogen (secondary N) is 2. The molecule has 2 heterocycles. The van der Waals surface area contributed by atoms with Crippen molar-refractivity contribution in [3.8, 4) is 5.75 Å². The summed E-state index contributed by atoms with van der Waals surface area (Å²) in [4.78, 5) is 12.4. The predicted molar refractivity (Wildman–Crippen MR) is 105 cm³/mol. The maximum Gasteiger partial charge on any atom is 0.255 e. The van der Waals surface area contributed by atoms with E-state index in [0.717, 1.165) is 13.1 Å². The molecule has 0 atom stereocenters. The van der Waals surface area contributed by atoms with Crippen LogP contribution < -0.4 is 10.6 Å². The third-order valence-electron chi connectivity index (χ3n) is 5.13. The van der Waals surface area contributed by atoms with E-state index in [1.807, 2.05) is 0 Å². The molecule has 1 aromatic rings. The molecule has 2 aliphatic rings. The number of hydrogen-bond acceptors (Lipinski definition) is 5. The van der Waals surface area contributed by atoms with Gasteiger partial charge in [-0.1, -0.05) is 23.2 Å². The van der Waals surface area contributed by atoms with Gasteiger partial charge in [-0.05, 0) is 50.9 Å². The van der Waals surface area contributed by atoms with Gasteiger partial charge in [0.1, 0.15) is 5.75 Å². The van der Waals surface area contributed by atoms with E-state index in [2.05, 4.69) is 10.6 Å². The van der Waals surface area contributed by atoms with Gasteiger partial charge in [0.05, 0.1) is 15.8 Å². The van der Waals surface area contributed by atoms with Crippen molar-refractivity contribution in [2.75, 3.05) is 26.2 Å². The van der Waals surface area contributed by atoms with Gasteiger partial charge >= 0.3 is 0 Å². The van der Waals surface area contributed by atoms with Crippen LogP contribution in [-0.2, 0) is 10.0 Å². The first-order valence-corrected chi connectivity index (χ1v) is 11.2. The number of carbonyl (C=O) groups excluding carboxylic acids is 1. The monoisotopic (exact) mass is 435 g/mol. The maximum atomic E-state index is 12.8. The van der Waals surface area contributed by atoms with Crippen LogP contribution >= 0.6 is 23.2 Å². The van der Waals surface area contributed by atoms with Gasteiger partial charge in [-0.25, -0.2) is 12.7 Å². The molecular weight excluding hydrogens is 413 g/mol. The van der Waals surface area contributed by atoms with Gasteiger partial charge in [-0.2, -0.15) is 0 Å². The summed E-state index contributed by atoms with van der Waals surface area (Å²) in [6.07, 6.45) is 2.30. The number of halogens is 2. The molecule has 0 unspecified atom stereocenters. The van der Waals surface area contributed by atoms with Crippen LogP contribution in [-0.4, -0.2) is 61.2 Å². The number of piperidine rings is 2. The van der Waals surface area contributed by atoms with Crippen molar-refractivity contribution in [3.05, 3.63) is 27.7 Å². The van der Waals surface area contributed by atoms with E-state index in [-0.39, 0.29) is 32.7 Å². The van der Waals surface area contributed by atoms with Crippen LogP contribution in [0, 0.1) is 0 Å². The molecule has 0 bridgehead atoms. The summed E-state index contributed by atoms with van der Waals surface area (Å²) in [5.74, 6) is -0.791. The fourth-order valence-corrected chi connectivity index (χ4v) is 6.03. The lowest BCUT2D eigenvalue weighted by Crippen LogP contribution is -2.50. The highest BCUT2D eigenvalue weighted by Gasteiger charge is 2.35. The predicted octanol–water partition coefficient (Wildman–Crippen LogP) is 1.98. The fraction of sp³-hybridized carbons (Fsp3) is 0.588. The van der Waals surface area contributed by atoms with Crippen LogP contribution in [0.15, 0.2) is 12.1 Å². The molecule has 27 heavy (non-hydrogen) atoms. The molecule has 2 aliphatic heterocycles. The second-order valence-corrected chi connectivity index (χ2v) is 9.98. The Morgan fingerprint density at radius 2 is 1.78 bits per heavy atom. The quantitative estimate of drug-likeness (QED) is 0.671. The molecule has 3 rings (SSSR count). The van der Waals surface area contributed by atoms with Gasteiger partial charge in [0.2, 0.25) is 10.0 Å². The third-order valence-corrected chi connectivity index (χ3v) is 8.03. The lowest BCUT2D eigenvalue weighted by atomic mass is 10.1. The summed E-state index contributed by atoms with van der Waals surface area (Å²) < 4.78 is 27.1. The number of amides is 1. The number of phenols is 1. The molecule has 3 N–H and O–H groups in total. The molecule has 1 amide bonds. The molecule has 0 radical (unpaired) electrons. The standard InChI is InChI=1S/C17H23Cl2N3O4S/c18-11-9-14(16(23)15(19)10-11)17(24)21-12-3-7-22(8-4-12)27(25,26)13-1-5-20-6-2-13/h9-10,12-13,20,23H,1-8H2,(H,21,24). The number of sulfonamides is 1. The number of hydrogen-bond donors (Lipinski definition) is 3. The van der Waals surface area contributed by atoms with Crippen molar-refractivity contribution in [2.24, 2.45) is 0 Å². The largest absolute Gasteiger partial charge is 0.506 e. The lowest BCUT2D eigenvalue weighted by molar-refractivity contribution is 0.0921. The van der Waals surface area contributed by atoms with E-state index in [9.17, 15) is 18.3 Å². The first-order chi connectivity index (χ1) is 12.8. The number of aromatic hydroxyl groups is 1. The molecule has 2 saturated heterocycles. The van der Waals surface area contributed by atoms with Crippen molar-refractivity contribution in [3.63, 3.8) is 0 Å². The summed E-state index contributed by atoms with van der Waals surface area (Å²) in [7, 11) is -3.30. The van der Waals surface area contributed by atoms with Gasteiger partial charge in [0.25, 0.3) is 5.91 Å². The Hall–Kier alpha value is -1.06. The first kappa shape index (κ1) is 20.7. The van der Waals surface area contributed by atoms with Gasteiger partial charge in [0, 0.05) is 24.2 Å². The summed E-state index contributed by atoms with van der Waals surface area (Å²) >= 11 is 11.8. The average molecular weight is 436 g/mol. The fourth-order valence-electron chi connectivity index (χ4n) is 3.56. The SMILES string of the molecule is O=C(NC1CCN(S(=O)(=O)C2CCNCC2)CC1)c1cc(Cl)cc(Cl)c1O. The first-order valence-electron chi connectivity index (χ1n) is 8.97. The van der Waals surface area contributed by atoms with E-state index in [0.29, 0.717) is 38.8 Å². The van der Waals surface area contributed by atoms with Crippen LogP contribution in [0.25, 0.3) is 0 Å². The summed E-state index contributed by atoms with van der Waals surface area (Å²) in [5.41, 5.74) is 0.0113. The summed E-state index contributed by atoms with van der Waals surface area (Å²) in [6.45, 7) is 2.20. The molecule has 150 valence electrons. The van der Waals surface area contributed by atoms with Crippen LogP contribution in [0.5, 0.6) is 5.75 Å². The van der Waals surface area contributed by atoms with Crippen molar-refractivity contribution in [1.82, 2.24) is 14.9 Å². The Morgan fingerprint density at radius 1 is 1.15 bits per heavy atom. The van der Waals surface area contributed by atoms with Gasteiger partial charge in [-0.15, -0.1) is 0 Å². The molecule has 0 spiro atoms. The van der Waals surface area contributed by atoms with Crippen LogP contribution in [0.4, 0.5) is 0 Å². The number of phenolic OH excluding ortho intramolecular Hbond substituents is 1.